The van der Waals surface area contributed by atoms with E-state index in [-0.39, 0.29) is 11.1 Å². The van der Waals surface area contributed by atoms with Gasteiger partial charge in [0.05, 0.1) is 0 Å². The van der Waals surface area contributed by atoms with E-state index in [1.807, 2.05) is 0 Å². The van der Waals surface area contributed by atoms with Crippen LogP contribution in [0.25, 0.3) is 0 Å². The zero-order chi connectivity index (χ0) is 12.4. The fraction of sp³-hybridized carbons (Fsp3) is 0.200. The van der Waals surface area contributed by atoms with E-state index in [1.54, 1.807) is 0 Å². The lowest BCUT2D eigenvalue weighted by atomic mass is 10.2. The summed E-state index contributed by atoms with van der Waals surface area (Å²) in [7, 11) is 0. The Morgan fingerprint density at radius 3 is 2.00 bits per heavy atom. The maximum Gasteiger partial charge on any atom is 0.368 e. The van der Waals surface area contributed by atoms with Crippen molar-refractivity contribution in [1.82, 2.24) is 0 Å². The molecule has 84 valence electrons. The molecule has 2 N–H and O–H groups in total. The number of allylic oxidation sites excluding steroid dienone is 1. The maximum atomic E-state index is 10.3. The van der Waals surface area contributed by atoms with Gasteiger partial charge in [0, 0.05) is 11.1 Å². The smallest absolute Gasteiger partial charge is 0.368 e. The van der Waals surface area contributed by atoms with Crippen LogP contribution in [-0.4, -0.2) is 22.3 Å². The third-order valence-corrected chi connectivity index (χ3v) is 1.13. The van der Waals surface area contributed by atoms with Crippen molar-refractivity contribution in [2.24, 2.45) is 0 Å². The van der Waals surface area contributed by atoms with Crippen LogP contribution in [0, 0.1) is 0 Å². The number of carboxylic acid groups (broad SMARTS) is 1. The van der Waals surface area contributed by atoms with Gasteiger partial charge in [0.2, 0.25) is 0 Å². The van der Waals surface area contributed by atoms with E-state index >= 15 is 0 Å². The molecule has 0 radical (unpaired) electrons. The maximum absolute atomic E-state index is 10.3. The van der Waals surface area contributed by atoms with E-state index < -0.39 is 11.9 Å². The van der Waals surface area contributed by atoms with Gasteiger partial charge in [-0.1, -0.05) is 19.2 Å². The standard InChI is InChI=1S/C6H8O3.C4H6O2/c1-3-4-5(2)6(7)9-8;1-3(2)4(5)6/h3,8H,1-2,4H2;1H2,2H3,(H,5,6). The average Bonchev–Trinajstić information content (AvgIpc) is 2.17. The van der Waals surface area contributed by atoms with Crippen LogP contribution in [0.3, 0.4) is 0 Å². The largest absolute Gasteiger partial charge is 0.478 e. The van der Waals surface area contributed by atoms with E-state index in [0.717, 1.165) is 0 Å². The van der Waals surface area contributed by atoms with Crippen LogP contribution in [0.5, 0.6) is 0 Å². The third kappa shape index (κ3) is 10.0. The Balaban J connectivity index is 0. The van der Waals surface area contributed by atoms with E-state index in [0.29, 0.717) is 6.42 Å². The Kier molecular flexibility index (Phi) is 9.05. The van der Waals surface area contributed by atoms with Crippen molar-refractivity contribution >= 4 is 11.9 Å². The number of carbonyl (C=O) groups excluding carboxylic acids is 1. The molecule has 0 aliphatic rings. The molecule has 5 heteroatoms. The molecule has 0 aromatic rings. The summed E-state index contributed by atoms with van der Waals surface area (Å²) >= 11 is 0. The van der Waals surface area contributed by atoms with Crippen LogP contribution in [0.4, 0.5) is 0 Å². The molecular formula is C10H14O5. The molecule has 0 amide bonds. The molecule has 0 bridgehead atoms. The Morgan fingerprint density at radius 2 is 1.80 bits per heavy atom. The van der Waals surface area contributed by atoms with Gasteiger partial charge in [-0.15, -0.1) is 6.58 Å². The highest BCUT2D eigenvalue weighted by Gasteiger charge is 2.04. The van der Waals surface area contributed by atoms with Crippen molar-refractivity contribution in [1.29, 1.82) is 0 Å². The molecule has 0 saturated carbocycles. The summed E-state index contributed by atoms with van der Waals surface area (Å²) in [5.74, 6) is -1.75. The van der Waals surface area contributed by atoms with E-state index in [1.165, 1.54) is 13.0 Å². The zero-order valence-electron chi connectivity index (χ0n) is 8.52. The van der Waals surface area contributed by atoms with Crippen LogP contribution in [0.1, 0.15) is 13.3 Å². The molecule has 0 atom stereocenters. The summed E-state index contributed by atoms with van der Waals surface area (Å²) in [5, 5.41) is 15.7. The van der Waals surface area contributed by atoms with Gasteiger partial charge in [-0.05, 0) is 13.3 Å². The number of hydrogen-bond donors (Lipinski definition) is 2. The van der Waals surface area contributed by atoms with Gasteiger partial charge < -0.3 is 5.11 Å². The molecule has 0 spiro atoms. The van der Waals surface area contributed by atoms with Crippen LogP contribution in [0.15, 0.2) is 37.0 Å². The monoisotopic (exact) mass is 214 g/mol. The minimum absolute atomic E-state index is 0.176. The van der Waals surface area contributed by atoms with Crippen LogP contribution in [-0.2, 0) is 14.5 Å². The second-order valence-corrected chi connectivity index (χ2v) is 2.56. The topological polar surface area (TPSA) is 83.8 Å². The number of hydrogen-bond acceptors (Lipinski definition) is 4. The van der Waals surface area contributed by atoms with Crippen LogP contribution < -0.4 is 0 Å². The van der Waals surface area contributed by atoms with Gasteiger partial charge in [-0.25, -0.2) is 9.59 Å². The van der Waals surface area contributed by atoms with E-state index in [2.05, 4.69) is 24.6 Å². The van der Waals surface area contributed by atoms with Gasteiger partial charge in [0.1, 0.15) is 0 Å². The highest BCUT2D eigenvalue weighted by atomic mass is 17.1. The van der Waals surface area contributed by atoms with Gasteiger partial charge >= 0.3 is 11.9 Å². The number of carboxylic acids is 1. The Labute approximate surface area is 87.9 Å². The lowest BCUT2D eigenvalue weighted by Gasteiger charge is -1.94. The number of aliphatic carboxylic acids is 1. The summed E-state index contributed by atoms with van der Waals surface area (Å²) in [6.07, 6.45) is 1.83. The Bertz CT molecular complexity index is 266. The summed E-state index contributed by atoms with van der Waals surface area (Å²) in [6, 6.07) is 0. The fourth-order valence-corrected chi connectivity index (χ4v) is 0.322. The fourth-order valence-electron chi connectivity index (χ4n) is 0.322. The van der Waals surface area contributed by atoms with Gasteiger partial charge in [-0.2, -0.15) is 5.26 Å². The molecule has 0 fully saturated rings. The minimum Gasteiger partial charge on any atom is -0.478 e. The molecule has 0 rings (SSSR count). The second-order valence-electron chi connectivity index (χ2n) is 2.56. The van der Waals surface area contributed by atoms with Crippen molar-refractivity contribution in [3.05, 3.63) is 37.0 Å². The molecule has 0 heterocycles. The first-order valence-corrected chi connectivity index (χ1v) is 3.90. The minimum atomic E-state index is -0.935. The lowest BCUT2D eigenvalue weighted by molar-refractivity contribution is -0.229. The predicted octanol–water partition coefficient (Wildman–Crippen LogP) is 1.78. The van der Waals surface area contributed by atoms with Crippen LogP contribution in [0.2, 0.25) is 0 Å². The van der Waals surface area contributed by atoms with Crippen molar-refractivity contribution < 1.29 is 24.8 Å². The average molecular weight is 214 g/mol. The normalized spacial score (nSPS) is 7.87. The molecule has 0 aliphatic heterocycles. The molecule has 0 unspecified atom stereocenters. The Hall–Kier alpha value is -1.88. The van der Waals surface area contributed by atoms with Gasteiger partial charge in [0.15, 0.2) is 0 Å². The summed E-state index contributed by atoms with van der Waals surface area (Å²) in [6.45, 7) is 11.3. The van der Waals surface area contributed by atoms with Crippen molar-refractivity contribution in [2.45, 2.75) is 13.3 Å². The molecule has 15 heavy (non-hydrogen) atoms. The number of carbonyl (C=O) groups is 2. The zero-order valence-corrected chi connectivity index (χ0v) is 8.52. The second kappa shape index (κ2) is 8.71. The van der Waals surface area contributed by atoms with Gasteiger partial charge in [0.25, 0.3) is 0 Å². The predicted molar refractivity (Wildman–Crippen MR) is 55.1 cm³/mol. The molecule has 0 aromatic carbocycles. The van der Waals surface area contributed by atoms with E-state index in [9.17, 15) is 9.59 Å². The molecular weight excluding hydrogens is 200 g/mol. The van der Waals surface area contributed by atoms with Crippen molar-refractivity contribution in [2.75, 3.05) is 0 Å². The summed E-state index contributed by atoms with van der Waals surface area (Å²) < 4.78 is 0. The lowest BCUT2D eigenvalue weighted by Crippen LogP contribution is -2.02. The highest BCUT2D eigenvalue weighted by Crippen LogP contribution is 1.98. The van der Waals surface area contributed by atoms with Gasteiger partial charge in [-0.3, -0.25) is 4.89 Å². The molecule has 0 aliphatic carbocycles. The highest BCUT2D eigenvalue weighted by molar-refractivity contribution is 5.87. The SMILES string of the molecule is C=C(C)C(=O)O.C=CCC(=C)C(=O)OO. The quantitative estimate of drug-likeness (QED) is 0.322. The number of rotatable bonds is 4. The van der Waals surface area contributed by atoms with Crippen molar-refractivity contribution in [3.63, 3.8) is 0 Å². The van der Waals surface area contributed by atoms with Crippen LogP contribution >= 0.6 is 0 Å². The molecule has 0 aromatic heterocycles. The summed E-state index contributed by atoms with van der Waals surface area (Å²) in [5.41, 5.74) is 0.363. The first-order valence-electron chi connectivity index (χ1n) is 3.90. The summed E-state index contributed by atoms with van der Waals surface area (Å²) in [4.78, 5) is 23.3. The first kappa shape index (κ1) is 15.6. The molecule has 5 nitrogen and oxygen atoms in total. The van der Waals surface area contributed by atoms with Crippen molar-refractivity contribution in [3.8, 4) is 0 Å². The van der Waals surface area contributed by atoms with E-state index in [4.69, 9.17) is 10.4 Å². The molecule has 0 saturated heterocycles. The first-order chi connectivity index (χ1) is 6.86. The Morgan fingerprint density at radius 1 is 1.40 bits per heavy atom. The third-order valence-electron chi connectivity index (χ3n) is 1.13.